The van der Waals surface area contributed by atoms with Crippen molar-refractivity contribution in [2.75, 3.05) is 33.3 Å². The number of nitrogens with one attached hydrogen (secondary N) is 1. The Labute approximate surface area is 108 Å². The van der Waals surface area contributed by atoms with Crippen LogP contribution in [0.1, 0.15) is 19.8 Å². The highest BCUT2D eigenvalue weighted by molar-refractivity contribution is 5.86. The van der Waals surface area contributed by atoms with E-state index in [1.807, 2.05) is 7.05 Å². The Kier molecular flexibility index (Phi) is 3.88. The van der Waals surface area contributed by atoms with Gasteiger partial charge in [-0.2, -0.15) is 5.26 Å². The van der Waals surface area contributed by atoms with E-state index < -0.39 is 5.41 Å². The molecule has 1 saturated carbocycles. The molecule has 1 heterocycles. The number of morpholine rings is 1. The van der Waals surface area contributed by atoms with Crippen molar-refractivity contribution in [1.29, 1.82) is 5.26 Å². The largest absolute Gasteiger partial charge is 0.374 e. The molecule has 100 valence electrons. The van der Waals surface area contributed by atoms with Gasteiger partial charge in [0, 0.05) is 19.6 Å². The fraction of sp³-hybridized carbons (Fsp3) is 0.846. The first-order valence-electron chi connectivity index (χ1n) is 6.55. The van der Waals surface area contributed by atoms with E-state index >= 15 is 0 Å². The maximum Gasteiger partial charge on any atom is 0.240 e. The highest BCUT2D eigenvalue weighted by Gasteiger charge is 2.48. The van der Waals surface area contributed by atoms with Gasteiger partial charge in [-0.1, -0.05) is 6.92 Å². The summed E-state index contributed by atoms with van der Waals surface area (Å²) < 4.78 is 5.58. The van der Waals surface area contributed by atoms with Gasteiger partial charge in [-0.15, -0.1) is 0 Å². The first-order chi connectivity index (χ1) is 8.55. The Morgan fingerprint density at radius 2 is 2.33 bits per heavy atom. The number of amides is 1. The summed E-state index contributed by atoms with van der Waals surface area (Å²) in [7, 11) is 2.04. The van der Waals surface area contributed by atoms with Crippen molar-refractivity contribution in [3.05, 3.63) is 0 Å². The second-order valence-corrected chi connectivity index (χ2v) is 5.67. The molecule has 1 aliphatic carbocycles. The Morgan fingerprint density at radius 1 is 1.61 bits per heavy atom. The fourth-order valence-electron chi connectivity index (χ4n) is 2.82. The summed E-state index contributed by atoms with van der Waals surface area (Å²) in [5.74, 6) is 0.354. The molecule has 0 spiro atoms. The molecular formula is C13H21N3O2. The predicted octanol–water partition coefficient (Wildman–Crippen LogP) is 0.373. The molecular weight excluding hydrogens is 230 g/mol. The monoisotopic (exact) mass is 251 g/mol. The first-order valence-corrected chi connectivity index (χ1v) is 6.55. The summed E-state index contributed by atoms with van der Waals surface area (Å²) in [6.07, 6.45) is 1.41. The van der Waals surface area contributed by atoms with Gasteiger partial charge in [0.1, 0.15) is 5.41 Å². The molecule has 1 aliphatic heterocycles. The third-order valence-electron chi connectivity index (χ3n) is 3.87. The molecule has 1 amide bonds. The van der Waals surface area contributed by atoms with Gasteiger partial charge < -0.3 is 15.0 Å². The zero-order chi connectivity index (χ0) is 13.2. The molecule has 1 N–H and O–H groups in total. The van der Waals surface area contributed by atoms with E-state index in [0.29, 0.717) is 31.9 Å². The van der Waals surface area contributed by atoms with Crippen molar-refractivity contribution in [2.45, 2.75) is 25.9 Å². The van der Waals surface area contributed by atoms with Crippen molar-refractivity contribution < 1.29 is 9.53 Å². The van der Waals surface area contributed by atoms with Crippen molar-refractivity contribution in [3.8, 4) is 6.07 Å². The molecule has 0 aromatic heterocycles. The summed E-state index contributed by atoms with van der Waals surface area (Å²) in [5.41, 5.74) is -0.778. The Morgan fingerprint density at radius 3 is 2.89 bits per heavy atom. The summed E-state index contributed by atoms with van der Waals surface area (Å²) in [6, 6.07) is 2.18. The van der Waals surface area contributed by atoms with Crippen LogP contribution in [0.5, 0.6) is 0 Å². The zero-order valence-electron chi connectivity index (χ0n) is 11.1. The molecule has 2 rings (SSSR count). The molecule has 5 nitrogen and oxygen atoms in total. The van der Waals surface area contributed by atoms with Crippen LogP contribution in [-0.2, 0) is 9.53 Å². The quantitative estimate of drug-likeness (QED) is 0.787. The van der Waals surface area contributed by atoms with Gasteiger partial charge in [0.15, 0.2) is 0 Å². The molecule has 5 heteroatoms. The molecule has 0 aromatic rings. The van der Waals surface area contributed by atoms with Crippen LogP contribution < -0.4 is 5.32 Å². The van der Waals surface area contributed by atoms with E-state index in [4.69, 9.17) is 10.00 Å². The molecule has 1 saturated heterocycles. The van der Waals surface area contributed by atoms with Crippen LogP contribution in [0, 0.1) is 22.7 Å². The number of nitriles is 1. The lowest BCUT2D eigenvalue weighted by Crippen LogP contribution is -2.52. The van der Waals surface area contributed by atoms with Crippen molar-refractivity contribution in [1.82, 2.24) is 10.2 Å². The highest BCUT2D eigenvalue weighted by atomic mass is 16.5. The van der Waals surface area contributed by atoms with Gasteiger partial charge in [-0.05, 0) is 25.8 Å². The summed E-state index contributed by atoms with van der Waals surface area (Å²) >= 11 is 0. The third-order valence-corrected chi connectivity index (χ3v) is 3.87. The molecule has 1 unspecified atom stereocenters. The lowest BCUT2D eigenvalue weighted by atomic mass is 9.63. The Hall–Kier alpha value is -1.12. The van der Waals surface area contributed by atoms with Gasteiger partial charge >= 0.3 is 0 Å². The lowest BCUT2D eigenvalue weighted by molar-refractivity contribution is -0.135. The SMILES string of the molecule is CC1CC(C#N)(C(=O)NCC2CN(C)CCO2)C1. The van der Waals surface area contributed by atoms with Gasteiger partial charge in [0.05, 0.1) is 18.8 Å². The van der Waals surface area contributed by atoms with E-state index in [9.17, 15) is 4.79 Å². The minimum atomic E-state index is -0.778. The molecule has 18 heavy (non-hydrogen) atoms. The lowest BCUT2D eigenvalue weighted by Gasteiger charge is -2.39. The Bertz CT molecular complexity index is 358. The molecule has 2 aliphatic rings. The summed E-state index contributed by atoms with van der Waals surface area (Å²) in [5, 5.41) is 12.0. The molecule has 1 atom stereocenters. The smallest absolute Gasteiger partial charge is 0.240 e. The number of nitrogens with zero attached hydrogens (tertiary/aromatic N) is 2. The number of hydrogen-bond donors (Lipinski definition) is 1. The maximum atomic E-state index is 12.0. The Balaban J connectivity index is 1.80. The number of hydrogen-bond acceptors (Lipinski definition) is 4. The van der Waals surface area contributed by atoms with Crippen LogP contribution in [0.15, 0.2) is 0 Å². The number of carbonyl (C=O) groups is 1. The number of rotatable bonds is 3. The van der Waals surface area contributed by atoms with Crippen LogP contribution in [0.3, 0.4) is 0 Å². The topological polar surface area (TPSA) is 65.4 Å². The van der Waals surface area contributed by atoms with Crippen molar-refractivity contribution in [2.24, 2.45) is 11.3 Å². The average molecular weight is 251 g/mol. The second-order valence-electron chi connectivity index (χ2n) is 5.67. The average Bonchev–Trinajstić information content (AvgIpc) is 2.32. The van der Waals surface area contributed by atoms with Gasteiger partial charge in [0.2, 0.25) is 5.91 Å². The van der Waals surface area contributed by atoms with Crippen LogP contribution >= 0.6 is 0 Å². The van der Waals surface area contributed by atoms with Crippen molar-refractivity contribution >= 4 is 5.91 Å². The van der Waals surface area contributed by atoms with Crippen LogP contribution in [-0.4, -0.2) is 50.2 Å². The van der Waals surface area contributed by atoms with Crippen molar-refractivity contribution in [3.63, 3.8) is 0 Å². The highest BCUT2D eigenvalue weighted by Crippen LogP contribution is 2.44. The van der Waals surface area contributed by atoms with Gasteiger partial charge in [0.25, 0.3) is 0 Å². The first kappa shape index (κ1) is 13.3. The van der Waals surface area contributed by atoms with E-state index in [2.05, 4.69) is 23.2 Å². The summed E-state index contributed by atoms with van der Waals surface area (Å²) in [4.78, 5) is 14.2. The number of ether oxygens (including phenoxy) is 1. The predicted molar refractivity (Wildman–Crippen MR) is 66.7 cm³/mol. The fourth-order valence-corrected chi connectivity index (χ4v) is 2.82. The van der Waals surface area contributed by atoms with E-state index in [1.165, 1.54) is 0 Å². The molecule has 0 radical (unpaired) electrons. The van der Waals surface area contributed by atoms with Gasteiger partial charge in [-0.3, -0.25) is 4.79 Å². The number of likely N-dealkylation sites (N-methyl/N-ethyl adjacent to an activating group) is 1. The normalized spacial score (nSPS) is 36.5. The number of carbonyl (C=O) groups excluding carboxylic acids is 1. The van der Waals surface area contributed by atoms with Crippen LogP contribution in [0.25, 0.3) is 0 Å². The second kappa shape index (κ2) is 5.25. The molecule has 0 aromatic carbocycles. The van der Waals surface area contributed by atoms with Crippen LogP contribution in [0.4, 0.5) is 0 Å². The zero-order valence-corrected chi connectivity index (χ0v) is 11.1. The molecule has 0 bridgehead atoms. The van der Waals surface area contributed by atoms with E-state index in [0.717, 1.165) is 13.1 Å². The molecule has 2 fully saturated rings. The van der Waals surface area contributed by atoms with Crippen LogP contribution in [0.2, 0.25) is 0 Å². The minimum absolute atomic E-state index is 0.0425. The maximum absolute atomic E-state index is 12.0. The summed E-state index contributed by atoms with van der Waals surface area (Å²) in [6.45, 7) is 5.04. The third kappa shape index (κ3) is 2.65. The minimum Gasteiger partial charge on any atom is -0.374 e. The standard InChI is InChI=1S/C13H21N3O2/c1-10-5-13(6-10,9-14)12(17)15-7-11-8-16(2)3-4-18-11/h10-11H,3-8H2,1-2H3,(H,15,17). The van der Waals surface area contributed by atoms with E-state index in [1.54, 1.807) is 0 Å². The van der Waals surface area contributed by atoms with Gasteiger partial charge in [-0.25, -0.2) is 0 Å². The van der Waals surface area contributed by atoms with E-state index in [-0.39, 0.29) is 12.0 Å².